The molecule has 13 heteroatoms. The van der Waals surface area contributed by atoms with Gasteiger partial charge in [-0.1, -0.05) is 35.9 Å². The third kappa shape index (κ3) is 7.73. The molecule has 3 aromatic carbocycles. The number of carbonyl (C=O) groups excluding carboxylic acids is 1. The van der Waals surface area contributed by atoms with Crippen molar-refractivity contribution in [2.45, 2.75) is 55.1 Å². The summed E-state index contributed by atoms with van der Waals surface area (Å²) in [7, 11) is -4.01. The molecule has 3 N–H and O–H groups in total. The molecule has 1 fully saturated rings. The lowest BCUT2D eigenvalue weighted by atomic mass is 9.82. The zero-order chi connectivity index (χ0) is 33.9. The van der Waals surface area contributed by atoms with Crippen LogP contribution < -0.4 is 11.1 Å². The number of halogens is 5. The molecule has 0 radical (unpaired) electrons. The molecule has 1 aliphatic heterocycles. The first-order valence-electron chi connectivity index (χ1n) is 15.0. The average molecular weight is 689 g/mol. The second-order valence-electron chi connectivity index (χ2n) is 11.6. The molecule has 4 aromatic rings. The number of ketones is 1. The zero-order valence-electron chi connectivity index (χ0n) is 25.3. The number of hydrogen-bond acceptors (Lipinski definition) is 6. The highest BCUT2D eigenvalue weighted by Crippen LogP contribution is 2.32. The first-order chi connectivity index (χ1) is 22.4. The second-order valence-corrected chi connectivity index (χ2v) is 13.8. The van der Waals surface area contributed by atoms with Gasteiger partial charge in [-0.05, 0) is 78.4 Å². The number of carbonyl (C=O) groups is 1. The summed E-state index contributed by atoms with van der Waals surface area (Å²) in [4.78, 5) is 17.6. The molecule has 0 spiro atoms. The van der Waals surface area contributed by atoms with E-state index in [1.807, 2.05) is 0 Å². The standard InChI is InChI=1S/C34H33ClF4N4O3S/c1-20-16-41-18-27(43(20)47(45,46)32-5-3-2-4-29(32)35)10-11-28-23(17-42-19-30(28)39)14-31(44)34(40)33(21-6-8-24(36)9-7-21)22-12-25(37)15-26(38)13-22/h2-9,12-13,15,17,19-20,27,33-34,41H,10-11,14,16,18,40H2,1H3/t20-,27-,33-,34+/m0/s1. The van der Waals surface area contributed by atoms with E-state index in [0.717, 1.165) is 30.5 Å². The van der Waals surface area contributed by atoms with Gasteiger partial charge in [0.25, 0.3) is 0 Å². The van der Waals surface area contributed by atoms with Crippen LogP contribution in [0.15, 0.2) is 84.0 Å². The minimum absolute atomic E-state index is 0.0235. The molecule has 0 aliphatic carbocycles. The molecule has 5 rings (SSSR count). The number of hydrogen-bond donors (Lipinski definition) is 2. The van der Waals surface area contributed by atoms with Crippen LogP contribution in [0.25, 0.3) is 0 Å². The predicted octanol–water partition coefficient (Wildman–Crippen LogP) is 5.55. The molecule has 0 saturated carbocycles. The van der Waals surface area contributed by atoms with Gasteiger partial charge >= 0.3 is 0 Å². The lowest BCUT2D eigenvalue weighted by Crippen LogP contribution is -2.58. The molecule has 0 bridgehead atoms. The lowest BCUT2D eigenvalue weighted by Gasteiger charge is -2.40. The van der Waals surface area contributed by atoms with Crippen LogP contribution in [0.1, 0.15) is 41.5 Å². The second kappa shape index (κ2) is 14.6. The average Bonchev–Trinajstić information content (AvgIpc) is 3.01. The molecule has 0 unspecified atom stereocenters. The summed E-state index contributed by atoms with van der Waals surface area (Å²) < 4.78 is 86.4. The van der Waals surface area contributed by atoms with Gasteiger partial charge in [-0.3, -0.25) is 9.78 Å². The minimum atomic E-state index is -4.01. The van der Waals surface area contributed by atoms with E-state index in [0.29, 0.717) is 24.7 Å². The van der Waals surface area contributed by atoms with Crippen molar-refractivity contribution in [3.05, 3.63) is 130 Å². The van der Waals surface area contributed by atoms with E-state index in [1.165, 1.54) is 34.8 Å². The van der Waals surface area contributed by atoms with Gasteiger partial charge in [0.05, 0.1) is 17.3 Å². The monoisotopic (exact) mass is 688 g/mol. The Labute approximate surface area is 275 Å². The Morgan fingerprint density at radius 1 is 0.979 bits per heavy atom. The number of piperazine rings is 1. The van der Waals surface area contributed by atoms with Crippen LogP contribution >= 0.6 is 11.6 Å². The lowest BCUT2D eigenvalue weighted by molar-refractivity contribution is -0.119. The molecule has 47 heavy (non-hydrogen) atoms. The number of Topliss-reactive ketones (excluding diaryl/α,β-unsaturated/α-hetero) is 1. The van der Waals surface area contributed by atoms with E-state index < -0.39 is 63.1 Å². The number of benzene rings is 3. The Morgan fingerprint density at radius 3 is 2.34 bits per heavy atom. The number of pyridine rings is 1. The fourth-order valence-corrected chi connectivity index (χ4v) is 8.54. The Morgan fingerprint density at radius 2 is 1.66 bits per heavy atom. The maximum absolute atomic E-state index is 15.3. The highest BCUT2D eigenvalue weighted by Gasteiger charge is 2.39. The smallest absolute Gasteiger partial charge is 0.245 e. The maximum Gasteiger partial charge on any atom is 0.245 e. The van der Waals surface area contributed by atoms with E-state index in [1.54, 1.807) is 19.1 Å². The van der Waals surface area contributed by atoms with Crippen LogP contribution in [0.4, 0.5) is 17.6 Å². The fraction of sp³-hybridized carbons (Fsp3) is 0.294. The van der Waals surface area contributed by atoms with Crippen LogP contribution in [0.3, 0.4) is 0 Å². The van der Waals surface area contributed by atoms with Crippen molar-refractivity contribution in [1.82, 2.24) is 14.6 Å². The van der Waals surface area contributed by atoms with Gasteiger partial charge < -0.3 is 11.1 Å². The van der Waals surface area contributed by atoms with Crippen molar-refractivity contribution in [3.8, 4) is 0 Å². The zero-order valence-corrected chi connectivity index (χ0v) is 26.9. The van der Waals surface area contributed by atoms with Crippen LogP contribution in [0, 0.1) is 23.3 Å². The summed E-state index contributed by atoms with van der Waals surface area (Å²) in [5.41, 5.74) is 7.29. The molecule has 1 aliphatic rings. The number of sulfonamides is 1. The first-order valence-corrected chi connectivity index (χ1v) is 16.8. The number of aromatic nitrogens is 1. The summed E-state index contributed by atoms with van der Waals surface area (Å²) in [5.74, 6) is -4.59. The molecule has 1 aromatic heterocycles. The number of nitrogens with zero attached hydrogens (tertiary/aromatic N) is 2. The molecule has 1 saturated heterocycles. The van der Waals surface area contributed by atoms with Crippen molar-refractivity contribution in [3.63, 3.8) is 0 Å². The minimum Gasteiger partial charge on any atom is -0.321 e. The molecular weight excluding hydrogens is 656 g/mol. The summed E-state index contributed by atoms with van der Waals surface area (Å²) >= 11 is 6.26. The first kappa shape index (κ1) is 34.6. The number of nitrogens with two attached hydrogens (primary N) is 1. The van der Waals surface area contributed by atoms with Gasteiger partial charge in [-0.15, -0.1) is 0 Å². The highest BCUT2D eigenvalue weighted by atomic mass is 35.5. The molecule has 2 heterocycles. The Hall–Kier alpha value is -3.68. The summed E-state index contributed by atoms with van der Waals surface area (Å²) in [6.07, 6.45) is 2.27. The van der Waals surface area contributed by atoms with E-state index in [4.69, 9.17) is 17.3 Å². The van der Waals surface area contributed by atoms with Crippen molar-refractivity contribution in [2.24, 2.45) is 5.73 Å². The molecule has 248 valence electrons. The third-order valence-electron chi connectivity index (χ3n) is 8.40. The van der Waals surface area contributed by atoms with Crippen molar-refractivity contribution >= 4 is 27.4 Å². The van der Waals surface area contributed by atoms with E-state index >= 15 is 4.39 Å². The van der Waals surface area contributed by atoms with Gasteiger partial charge in [0.15, 0.2) is 5.78 Å². The third-order valence-corrected chi connectivity index (χ3v) is 11.0. The topological polar surface area (TPSA) is 105 Å². The van der Waals surface area contributed by atoms with Gasteiger partial charge in [0.2, 0.25) is 10.0 Å². The fourth-order valence-electron chi connectivity index (χ4n) is 6.20. The Kier molecular flexibility index (Phi) is 10.8. The van der Waals surface area contributed by atoms with E-state index in [-0.39, 0.29) is 45.9 Å². The van der Waals surface area contributed by atoms with Crippen LogP contribution in [0.5, 0.6) is 0 Å². The molecule has 4 atom stereocenters. The maximum atomic E-state index is 15.3. The SMILES string of the molecule is C[C@H]1CNC[C@H](CCc2c(F)cncc2CC(=O)[C@@H](N)[C@@H](c2ccc(F)cc2)c2cc(F)cc(F)c2)N1S(=O)(=O)c1ccccc1Cl. The summed E-state index contributed by atoms with van der Waals surface area (Å²) in [6, 6.07) is 11.7. The quantitative estimate of drug-likeness (QED) is 0.201. The Bertz CT molecular complexity index is 1840. The van der Waals surface area contributed by atoms with Crippen LogP contribution in [-0.2, 0) is 27.7 Å². The van der Waals surface area contributed by atoms with Crippen molar-refractivity contribution in [2.75, 3.05) is 13.1 Å². The predicted molar refractivity (Wildman–Crippen MR) is 170 cm³/mol. The van der Waals surface area contributed by atoms with Gasteiger partial charge in [0, 0.05) is 49.8 Å². The van der Waals surface area contributed by atoms with Gasteiger partial charge in [-0.2, -0.15) is 4.31 Å². The van der Waals surface area contributed by atoms with Crippen molar-refractivity contribution < 1.29 is 30.8 Å². The van der Waals surface area contributed by atoms with E-state index in [2.05, 4.69) is 10.3 Å². The molecule has 0 amide bonds. The van der Waals surface area contributed by atoms with Crippen molar-refractivity contribution in [1.29, 1.82) is 0 Å². The van der Waals surface area contributed by atoms with E-state index in [9.17, 15) is 26.4 Å². The molecular formula is C34H33ClF4N4O3S. The number of nitrogens with one attached hydrogen (secondary N) is 1. The molecule has 7 nitrogen and oxygen atoms in total. The summed E-state index contributed by atoms with van der Waals surface area (Å²) in [5, 5.41) is 3.32. The number of rotatable bonds is 11. The van der Waals surface area contributed by atoms with Gasteiger partial charge in [0.1, 0.15) is 28.2 Å². The Balaban J connectivity index is 1.40. The largest absolute Gasteiger partial charge is 0.321 e. The normalized spacial score (nSPS) is 18.5. The highest BCUT2D eigenvalue weighted by molar-refractivity contribution is 7.89. The van der Waals surface area contributed by atoms with Gasteiger partial charge in [-0.25, -0.2) is 26.0 Å². The van der Waals surface area contributed by atoms with Crippen LogP contribution in [0.2, 0.25) is 5.02 Å². The van der Waals surface area contributed by atoms with Crippen LogP contribution in [-0.4, -0.2) is 54.7 Å². The summed E-state index contributed by atoms with van der Waals surface area (Å²) in [6.45, 7) is 2.49.